The van der Waals surface area contributed by atoms with Crippen LogP contribution in [0.25, 0.3) is 0 Å². The molecule has 0 spiro atoms. The number of benzene rings is 2. The molecule has 4 heteroatoms. The Morgan fingerprint density at radius 2 is 1.95 bits per heavy atom. The van der Waals surface area contributed by atoms with Crippen molar-refractivity contribution in [1.82, 2.24) is 0 Å². The van der Waals surface area contributed by atoms with Gasteiger partial charge in [-0.1, -0.05) is 35.9 Å². The molecule has 2 aromatic carbocycles. The van der Waals surface area contributed by atoms with Crippen molar-refractivity contribution in [2.75, 3.05) is 7.11 Å². The maximum absolute atomic E-state index is 13.3. The van der Waals surface area contributed by atoms with Gasteiger partial charge in [-0.2, -0.15) is 0 Å². The van der Waals surface area contributed by atoms with Crippen LogP contribution >= 0.6 is 23.2 Å². The van der Waals surface area contributed by atoms with Gasteiger partial charge in [-0.15, -0.1) is 11.6 Å². The minimum absolute atomic E-state index is 0.197. The largest absolute Gasteiger partial charge is 0.494 e. The van der Waals surface area contributed by atoms with Gasteiger partial charge in [0.1, 0.15) is 0 Å². The van der Waals surface area contributed by atoms with E-state index in [2.05, 4.69) is 0 Å². The van der Waals surface area contributed by atoms with Gasteiger partial charge in [-0.25, -0.2) is 4.39 Å². The summed E-state index contributed by atoms with van der Waals surface area (Å²) >= 11 is 12.5. The molecule has 0 radical (unpaired) electrons. The monoisotopic (exact) mass is 298 g/mol. The molecule has 0 aliphatic rings. The number of halogens is 3. The van der Waals surface area contributed by atoms with Crippen molar-refractivity contribution in [2.24, 2.45) is 0 Å². The summed E-state index contributed by atoms with van der Waals surface area (Å²) in [6, 6.07) is 12.2. The second-order valence-corrected chi connectivity index (χ2v) is 5.09. The van der Waals surface area contributed by atoms with Gasteiger partial charge >= 0.3 is 0 Å². The van der Waals surface area contributed by atoms with E-state index in [4.69, 9.17) is 27.9 Å². The molecular weight excluding hydrogens is 286 g/mol. The number of hydrogen-bond donors (Lipinski definition) is 0. The van der Waals surface area contributed by atoms with Crippen molar-refractivity contribution >= 4 is 23.2 Å². The van der Waals surface area contributed by atoms with Gasteiger partial charge < -0.3 is 4.74 Å². The minimum Gasteiger partial charge on any atom is -0.494 e. The Morgan fingerprint density at radius 1 is 1.21 bits per heavy atom. The van der Waals surface area contributed by atoms with E-state index in [1.54, 1.807) is 12.1 Å². The van der Waals surface area contributed by atoms with Crippen molar-refractivity contribution in [3.63, 3.8) is 0 Å². The summed E-state index contributed by atoms with van der Waals surface area (Å²) in [4.78, 5) is 0. The molecule has 0 heterocycles. The van der Waals surface area contributed by atoms with E-state index in [9.17, 15) is 4.39 Å². The average molecular weight is 299 g/mol. The predicted molar refractivity (Wildman–Crippen MR) is 76.7 cm³/mol. The minimum atomic E-state index is -0.395. The summed E-state index contributed by atoms with van der Waals surface area (Å²) in [5.74, 6) is -0.199. The summed E-state index contributed by atoms with van der Waals surface area (Å²) in [7, 11) is 1.43. The Hall–Kier alpha value is -1.25. The maximum atomic E-state index is 13.3. The van der Waals surface area contributed by atoms with Crippen LogP contribution in [0.15, 0.2) is 42.5 Å². The lowest BCUT2D eigenvalue weighted by molar-refractivity contribution is 0.386. The molecule has 0 amide bonds. The molecule has 1 atom stereocenters. The van der Waals surface area contributed by atoms with Crippen molar-refractivity contribution < 1.29 is 9.13 Å². The molecule has 0 aromatic heterocycles. The third kappa shape index (κ3) is 3.40. The molecule has 2 aromatic rings. The first-order valence-corrected chi connectivity index (χ1v) is 6.64. The number of rotatable bonds is 4. The van der Waals surface area contributed by atoms with Crippen LogP contribution in [0, 0.1) is 5.82 Å². The zero-order chi connectivity index (χ0) is 13.8. The number of hydrogen-bond acceptors (Lipinski definition) is 1. The number of methoxy groups -OCH3 is 1. The van der Waals surface area contributed by atoms with E-state index in [0.717, 1.165) is 11.1 Å². The average Bonchev–Trinajstić information content (AvgIpc) is 2.42. The Morgan fingerprint density at radius 3 is 2.63 bits per heavy atom. The molecule has 0 saturated heterocycles. The first kappa shape index (κ1) is 14.2. The zero-order valence-corrected chi connectivity index (χ0v) is 11.9. The van der Waals surface area contributed by atoms with Gasteiger partial charge in [0, 0.05) is 5.02 Å². The Labute approximate surface area is 121 Å². The highest BCUT2D eigenvalue weighted by atomic mass is 35.5. The van der Waals surface area contributed by atoms with Gasteiger partial charge in [0.25, 0.3) is 0 Å². The van der Waals surface area contributed by atoms with E-state index in [1.807, 2.05) is 24.3 Å². The van der Waals surface area contributed by atoms with E-state index >= 15 is 0 Å². The van der Waals surface area contributed by atoms with Crippen molar-refractivity contribution in [3.05, 3.63) is 64.4 Å². The standard InChI is InChI=1S/C15H13Cl2FO/c1-19-15-9-11(6-7-14(15)18)13(17)8-10-4-2-3-5-12(10)16/h2-7,9,13H,8H2,1H3. The van der Waals surface area contributed by atoms with Crippen molar-refractivity contribution in [2.45, 2.75) is 11.8 Å². The fourth-order valence-electron chi connectivity index (χ4n) is 1.85. The van der Waals surface area contributed by atoms with Crippen LogP contribution in [0.3, 0.4) is 0 Å². The lowest BCUT2D eigenvalue weighted by Gasteiger charge is -2.12. The van der Waals surface area contributed by atoms with Crippen molar-refractivity contribution in [1.29, 1.82) is 0 Å². The Balaban J connectivity index is 2.20. The third-order valence-corrected chi connectivity index (χ3v) is 3.67. The van der Waals surface area contributed by atoms with E-state index in [-0.39, 0.29) is 11.1 Å². The van der Waals surface area contributed by atoms with Crippen LogP contribution in [0.5, 0.6) is 5.75 Å². The summed E-state index contributed by atoms with van der Waals surface area (Å²) in [5, 5.41) is 0.400. The van der Waals surface area contributed by atoms with Gasteiger partial charge in [0.15, 0.2) is 11.6 Å². The van der Waals surface area contributed by atoms with Crippen LogP contribution in [-0.2, 0) is 6.42 Å². The SMILES string of the molecule is COc1cc(C(Cl)Cc2ccccc2Cl)ccc1F. The second-order valence-electron chi connectivity index (χ2n) is 4.16. The molecule has 0 aliphatic carbocycles. The van der Waals surface area contributed by atoms with Gasteiger partial charge in [-0.3, -0.25) is 0 Å². The van der Waals surface area contributed by atoms with Crippen LogP contribution in [0.4, 0.5) is 4.39 Å². The first-order valence-electron chi connectivity index (χ1n) is 5.82. The van der Waals surface area contributed by atoms with Crippen molar-refractivity contribution in [3.8, 4) is 5.75 Å². The van der Waals surface area contributed by atoms with Crippen LogP contribution in [0.2, 0.25) is 5.02 Å². The van der Waals surface area contributed by atoms with Gasteiger partial charge in [0.05, 0.1) is 12.5 Å². The van der Waals surface area contributed by atoms with E-state index < -0.39 is 5.82 Å². The van der Waals surface area contributed by atoms with Gasteiger partial charge in [-0.05, 0) is 35.7 Å². The topological polar surface area (TPSA) is 9.23 Å². The summed E-state index contributed by atoms with van der Waals surface area (Å²) < 4.78 is 18.3. The fraction of sp³-hybridized carbons (Fsp3) is 0.200. The molecule has 0 N–H and O–H groups in total. The number of ether oxygens (including phenoxy) is 1. The number of alkyl halides is 1. The quantitative estimate of drug-likeness (QED) is 0.721. The second kappa shape index (κ2) is 6.27. The molecule has 2 rings (SSSR count). The van der Waals surface area contributed by atoms with Crippen LogP contribution in [0.1, 0.15) is 16.5 Å². The predicted octanol–water partition coefficient (Wildman–Crippen LogP) is 5.01. The molecule has 0 aliphatic heterocycles. The molecule has 0 saturated carbocycles. The molecule has 0 fully saturated rings. The normalized spacial score (nSPS) is 12.2. The van der Waals surface area contributed by atoms with E-state index in [1.165, 1.54) is 13.2 Å². The highest BCUT2D eigenvalue weighted by Gasteiger charge is 2.13. The molecule has 19 heavy (non-hydrogen) atoms. The molecule has 1 nitrogen and oxygen atoms in total. The smallest absolute Gasteiger partial charge is 0.165 e. The molecular formula is C15H13Cl2FO. The van der Waals surface area contributed by atoms with Gasteiger partial charge in [0.2, 0.25) is 0 Å². The fourth-order valence-corrected chi connectivity index (χ4v) is 2.36. The summed E-state index contributed by atoms with van der Waals surface area (Å²) in [6.45, 7) is 0. The Kier molecular flexibility index (Phi) is 4.67. The molecule has 100 valence electrons. The van der Waals surface area contributed by atoms with E-state index in [0.29, 0.717) is 11.4 Å². The van der Waals surface area contributed by atoms with Crippen LogP contribution < -0.4 is 4.74 Å². The zero-order valence-electron chi connectivity index (χ0n) is 10.4. The summed E-state index contributed by atoms with van der Waals surface area (Å²) in [5.41, 5.74) is 1.77. The lowest BCUT2D eigenvalue weighted by Crippen LogP contribution is -1.98. The maximum Gasteiger partial charge on any atom is 0.165 e. The molecule has 0 bridgehead atoms. The summed E-state index contributed by atoms with van der Waals surface area (Å²) in [6.07, 6.45) is 0.579. The first-order chi connectivity index (χ1) is 9.11. The highest BCUT2D eigenvalue weighted by molar-refractivity contribution is 6.31. The highest BCUT2D eigenvalue weighted by Crippen LogP contribution is 2.31. The Bertz CT molecular complexity index is 572. The lowest BCUT2D eigenvalue weighted by atomic mass is 10.0. The van der Waals surface area contributed by atoms with Crippen LogP contribution in [-0.4, -0.2) is 7.11 Å². The molecule has 1 unspecified atom stereocenters. The third-order valence-electron chi connectivity index (χ3n) is 2.89.